The van der Waals surface area contributed by atoms with Crippen LogP contribution in [0.3, 0.4) is 0 Å². The number of carbonyl (C=O) groups is 1. The molecule has 1 saturated heterocycles. The third-order valence-corrected chi connectivity index (χ3v) is 4.37. The zero-order chi connectivity index (χ0) is 17.2. The molecule has 1 fully saturated rings. The summed E-state index contributed by atoms with van der Waals surface area (Å²) in [5.41, 5.74) is 2.38. The summed E-state index contributed by atoms with van der Waals surface area (Å²) >= 11 is 0. The van der Waals surface area contributed by atoms with Crippen molar-refractivity contribution in [2.45, 2.75) is 32.1 Å². The summed E-state index contributed by atoms with van der Waals surface area (Å²) in [6, 6.07) is 8.57. The maximum atomic E-state index is 11.8. The van der Waals surface area contributed by atoms with Gasteiger partial charge >= 0.3 is 0 Å². The van der Waals surface area contributed by atoms with Crippen LogP contribution in [0.1, 0.15) is 32.1 Å². The average Bonchev–Trinajstić information content (AvgIpc) is 2.60. The Kier molecular flexibility index (Phi) is 7.89. The lowest BCUT2D eigenvalue weighted by atomic mass is 10.1. The molecule has 5 heteroatoms. The van der Waals surface area contributed by atoms with Gasteiger partial charge in [-0.2, -0.15) is 0 Å². The van der Waals surface area contributed by atoms with Crippen LogP contribution in [0.15, 0.2) is 24.3 Å². The van der Waals surface area contributed by atoms with E-state index in [9.17, 15) is 4.79 Å². The third-order valence-electron chi connectivity index (χ3n) is 4.37. The fourth-order valence-electron chi connectivity index (χ4n) is 2.97. The molecule has 134 valence electrons. The minimum atomic E-state index is 0.117. The Morgan fingerprint density at radius 2 is 1.79 bits per heavy atom. The van der Waals surface area contributed by atoms with E-state index in [1.54, 1.807) is 0 Å². The van der Waals surface area contributed by atoms with Crippen molar-refractivity contribution in [1.82, 2.24) is 10.2 Å². The molecule has 2 rings (SSSR count). The molecular formula is C19H32N4O. The van der Waals surface area contributed by atoms with Crippen LogP contribution in [0, 0.1) is 0 Å². The summed E-state index contributed by atoms with van der Waals surface area (Å²) in [5.74, 6) is 0.117. The molecule has 0 spiro atoms. The van der Waals surface area contributed by atoms with E-state index < -0.39 is 0 Å². The first-order chi connectivity index (χ1) is 11.6. The highest BCUT2D eigenvalue weighted by Gasteiger charge is 2.10. The topological polar surface area (TPSA) is 47.6 Å². The molecule has 0 aromatic heterocycles. The fourth-order valence-corrected chi connectivity index (χ4v) is 2.97. The molecule has 0 bridgehead atoms. The number of benzene rings is 1. The second kappa shape index (κ2) is 10.2. The van der Waals surface area contributed by atoms with Gasteiger partial charge in [-0.05, 0) is 70.6 Å². The van der Waals surface area contributed by atoms with Gasteiger partial charge < -0.3 is 20.4 Å². The van der Waals surface area contributed by atoms with Crippen molar-refractivity contribution in [3.63, 3.8) is 0 Å². The summed E-state index contributed by atoms with van der Waals surface area (Å²) in [4.78, 5) is 16.3. The lowest BCUT2D eigenvalue weighted by molar-refractivity contribution is -0.120. The summed E-state index contributed by atoms with van der Waals surface area (Å²) in [7, 11) is 4.09. The van der Waals surface area contributed by atoms with E-state index >= 15 is 0 Å². The van der Waals surface area contributed by atoms with Gasteiger partial charge in [0, 0.05) is 44.0 Å². The molecule has 0 unspecified atom stereocenters. The van der Waals surface area contributed by atoms with E-state index in [2.05, 4.69) is 44.7 Å². The Morgan fingerprint density at radius 3 is 2.46 bits per heavy atom. The number of anilines is 2. The van der Waals surface area contributed by atoms with Crippen LogP contribution in [-0.4, -0.2) is 57.6 Å². The van der Waals surface area contributed by atoms with Gasteiger partial charge in [0.1, 0.15) is 0 Å². The van der Waals surface area contributed by atoms with Gasteiger partial charge in [0.2, 0.25) is 5.91 Å². The van der Waals surface area contributed by atoms with Crippen molar-refractivity contribution in [3.8, 4) is 0 Å². The van der Waals surface area contributed by atoms with Gasteiger partial charge in [-0.3, -0.25) is 4.79 Å². The van der Waals surface area contributed by atoms with Crippen molar-refractivity contribution < 1.29 is 4.79 Å². The van der Waals surface area contributed by atoms with Crippen molar-refractivity contribution in [2.24, 2.45) is 0 Å². The summed E-state index contributed by atoms with van der Waals surface area (Å²) < 4.78 is 0. The third kappa shape index (κ3) is 6.79. The molecule has 5 nitrogen and oxygen atoms in total. The molecule has 0 atom stereocenters. The maximum absolute atomic E-state index is 11.8. The van der Waals surface area contributed by atoms with Crippen LogP contribution in [0.5, 0.6) is 0 Å². The van der Waals surface area contributed by atoms with E-state index in [-0.39, 0.29) is 5.91 Å². The normalized spacial score (nSPS) is 14.7. The lowest BCUT2D eigenvalue weighted by Crippen LogP contribution is -2.29. The molecule has 1 aromatic rings. The molecule has 0 saturated carbocycles. The number of amides is 1. The highest BCUT2D eigenvalue weighted by molar-refractivity contribution is 5.76. The second-order valence-electron chi connectivity index (χ2n) is 6.78. The van der Waals surface area contributed by atoms with Gasteiger partial charge in [0.25, 0.3) is 0 Å². The number of nitrogens with one attached hydrogen (secondary N) is 2. The minimum Gasteiger partial charge on any atom is -0.385 e. The lowest BCUT2D eigenvalue weighted by Gasteiger charge is -2.28. The first-order valence-electron chi connectivity index (χ1n) is 9.15. The molecule has 0 radical (unpaired) electrons. The first kappa shape index (κ1) is 18.6. The van der Waals surface area contributed by atoms with Crippen LogP contribution in [0.4, 0.5) is 11.4 Å². The molecular weight excluding hydrogens is 300 g/mol. The molecule has 1 aliphatic rings. The van der Waals surface area contributed by atoms with Gasteiger partial charge in [-0.15, -0.1) is 0 Å². The Labute approximate surface area is 146 Å². The molecule has 1 heterocycles. The molecule has 2 N–H and O–H groups in total. The quantitative estimate of drug-likeness (QED) is 0.682. The van der Waals surface area contributed by atoms with Crippen LogP contribution in [0.25, 0.3) is 0 Å². The highest BCUT2D eigenvalue weighted by atomic mass is 16.1. The van der Waals surface area contributed by atoms with E-state index in [0.717, 1.165) is 25.2 Å². The van der Waals surface area contributed by atoms with Gasteiger partial charge in [0.15, 0.2) is 0 Å². The van der Waals surface area contributed by atoms with Crippen molar-refractivity contribution in [3.05, 3.63) is 24.3 Å². The smallest absolute Gasteiger partial charge is 0.221 e. The second-order valence-corrected chi connectivity index (χ2v) is 6.78. The number of hydrogen-bond acceptors (Lipinski definition) is 4. The zero-order valence-corrected chi connectivity index (χ0v) is 15.2. The highest BCUT2D eigenvalue weighted by Crippen LogP contribution is 2.21. The molecule has 1 aromatic carbocycles. The summed E-state index contributed by atoms with van der Waals surface area (Å²) in [6.07, 6.45) is 5.45. The summed E-state index contributed by atoms with van der Waals surface area (Å²) in [6.45, 7) is 4.76. The average molecular weight is 332 g/mol. The van der Waals surface area contributed by atoms with Gasteiger partial charge in [0.05, 0.1) is 0 Å². The SMILES string of the molecule is CN(C)CCCNC(=O)CCNc1ccc(N2CCCCC2)cc1. The van der Waals surface area contributed by atoms with Gasteiger partial charge in [-0.1, -0.05) is 0 Å². The van der Waals surface area contributed by atoms with E-state index in [4.69, 9.17) is 0 Å². The number of carbonyl (C=O) groups excluding carboxylic acids is 1. The number of rotatable bonds is 9. The van der Waals surface area contributed by atoms with Crippen LogP contribution in [0.2, 0.25) is 0 Å². The minimum absolute atomic E-state index is 0.117. The van der Waals surface area contributed by atoms with Crippen LogP contribution < -0.4 is 15.5 Å². The van der Waals surface area contributed by atoms with Crippen LogP contribution >= 0.6 is 0 Å². The maximum Gasteiger partial charge on any atom is 0.221 e. The molecule has 24 heavy (non-hydrogen) atoms. The monoisotopic (exact) mass is 332 g/mol. The Balaban J connectivity index is 1.62. The molecule has 1 aliphatic heterocycles. The summed E-state index contributed by atoms with van der Waals surface area (Å²) in [5, 5.41) is 6.29. The number of nitrogens with zero attached hydrogens (tertiary/aromatic N) is 2. The predicted molar refractivity (Wildman–Crippen MR) is 102 cm³/mol. The number of piperidine rings is 1. The predicted octanol–water partition coefficient (Wildman–Crippen LogP) is 2.55. The Bertz CT molecular complexity index is 481. The molecule has 1 amide bonds. The van der Waals surface area contributed by atoms with Crippen molar-refractivity contribution >= 4 is 17.3 Å². The van der Waals surface area contributed by atoms with Gasteiger partial charge in [-0.25, -0.2) is 0 Å². The number of hydrogen-bond donors (Lipinski definition) is 2. The van der Waals surface area contributed by atoms with Crippen molar-refractivity contribution in [1.29, 1.82) is 0 Å². The zero-order valence-electron chi connectivity index (χ0n) is 15.2. The Hall–Kier alpha value is -1.75. The van der Waals surface area contributed by atoms with E-state index in [0.29, 0.717) is 13.0 Å². The standard InChI is InChI=1S/C19H32N4O/c1-22(2)14-6-12-21-19(24)11-13-20-17-7-9-18(10-8-17)23-15-4-3-5-16-23/h7-10,20H,3-6,11-16H2,1-2H3,(H,21,24). The largest absolute Gasteiger partial charge is 0.385 e. The molecule has 0 aliphatic carbocycles. The Morgan fingerprint density at radius 1 is 1.08 bits per heavy atom. The fraction of sp³-hybridized carbons (Fsp3) is 0.632. The van der Waals surface area contributed by atoms with Crippen molar-refractivity contribution in [2.75, 3.05) is 57.0 Å². The first-order valence-corrected chi connectivity index (χ1v) is 9.15. The van der Waals surface area contributed by atoms with Crippen LogP contribution in [-0.2, 0) is 4.79 Å². The van der Waals surface area contributed by atoms with E-state index in [1.807, 2.05) is 14.1 Å². The van der Waals surface area contributed by atoms with E-state index in [1.165, 1.54) is 38.0 Å².